The van der Waals surface area contributed by atoms with Crippen molar-refractivity contribution < 1.29 is 9.53 Å². The van der Waals surface area contributed by atoms with Crippen molar-refractivity contribution in [3.63, 3.8) is 0 Å². The highest BCUT2D eigenvalue weighted by molar-refractivity contribution is 5.92. The zero-order valence-electron chi connectivity index (χ0n) is 14.2. The average molecular weight is 321 g/mol. The maximum atomic E-state index is 12.7. The van der Waals surface area contributed by atoms with Gasteiger partial charge in [0.25, 0.3) is 0 Å². The van der Waals surface area contributed by atoms with Crippen LogP contribution >= 0.6 is 0 Å². The molecule has 0 spiro atoms. The van der Waals surface area contributed by atoms with Crippen LogP contribution in [0.5, 0.6) is 5.75 Å². The minimum absolute atomic E-state index is 0.0802. The first kappa shape index (κ1) is 16.3. The van der Waals surface area contributed by atoms with Crippen molar-refractivity contribution in [3.8, 4) is 5.75 Å². The van der Waals surface area contributed by atoms with Crippen LogP contribution in [0.25, 0.3) is 6.08 Å². The predicted molar refractivity (Wildman–Crippen MR) is 96.8 cm³/mol. The number of ether oxygens (including phenoxy) is 1. The number of aryl methyl sites for hydroxylation is 1. The van der Waals surface area contributed by atoms with Crippen molar-refractivity contribution >= 4 is 12.0 Å². The van der Waals surface area contributed by atoms with E-state index in [1.54, 1.807) is 13.2 Å². The van der Waals surface area contributed by atoms with Gasteiger partial charge in [0.2, 0.25) is 5.91 Å². The number of hydrogen-bond acceptors (Lipinski definition) is 2. The van der Waals surface area contributed by atoms with Crippen molar-refractivity contribution in [1.82, 2.24) is 4.90 Å². The molecular formula is C21H23NO2. The molecule has 3 heteroatoms. The number of carbonyl (C=O) groups excluding carboxylic acids is 1. The summed E-state index contributed by atoms with van der Waals surface area (Å²) in [6, 6.07) is 16.4. The number of benzene rings is 2. The molecular weight excluding hydrogens is 298 g/mol. The van der Waals surface area contributed by atoms with E-state index in [9.17, 15) is 4.79 Å². The first-order chi connectivity index (χ1) is 11.7. The third-order valence-corrected chi connectivity index (χ3v) is 4.38. The Morgan fingerprint density at radius 2 is 1.88 bits per heavy atom. The number of hydrogen-bond donors (Lipinski definition) is 0. The fraction of sp³-hybridized carbons (Fsp3) is 0.286. The molecule has 2 aromatic rings. The highest BCUT2D eigenvalue weighted by atomic mass is 16.5. The lowest BCUT2D eigenvalue weighted by atomic mass is 10.1. The second-order valence-corrected chi connectivity index (χ2v) is 6.24. The second-order valence-electron chi connectivity index (χ2n) is 6.24. The summed E-state index contributed by atoms with van der Waals surface area (Å²) in [6.07, 6.45) is 5.81. The average Bonchev–Trinajstić information content (AvgIpc) is 3.44. The molecule has 1 saturated carbocycles. The first-order valence-electron chi connectivity index (χ1n) is 8.34. The molecule has 1 aliphatic rings. The fourth-order valence-electron chi connectivity index (χ4n) is 2.73. The first-order valence-corrected chi connectivity index (χ1v) is 8.34. The zero-order valence-corrected chi connectivity index (χ0v) is 14.2. The van der Waals surface area contributed by atoms with E-state index in [0.717, 1.165) is 29.7 Å². The molecule has 0 aromatic heterocycles. The maximum absolute atomic E-state index is 12.7. The number of carbonyl (C=O) groups is 1. The van der Waals surface area contributed by atoms with Gasteiger partial charge >= 0.3 is 0 Å². The predicted octanol–water partition coefficient (Wildman–Crippen LogP) is 4.21. The molecule has 0 unspecified atom stereocenters. The van der Waals surface area contributed by atoms with E-state index in [1.165, 1.54) is 5.56 Å². The van der Waals surface area contributed by atoms with Crippen molar-refractivity contribution in [2.45, 2.75) is 32.4 Å². The van der Waals surface area contributed by atoms with Crippen molar-refractivity contribution in [2.75, 3.05) is 7.11 Å². The Morgan fingerprint density at radius 1 is 1.17 bits per heavy atom. The van der Waals surface area contributed by atoms with Gasteiger partial charge in [-0.3, -0.25) is 4.79 Å². The van der Waals surface area contributed by atoms with Crippen LogP contribution in [0.1, 0.15) is 29.5 Å². The van der Waals surface area contributed by atoms with Gasteiger partial charge in [0.05, 0.1) is 7.11 Å². The summed E-state index contributed by atoms with van der Waals surface area (Å²) < 4.78 is 5.19. The van der Waals surface area contributed by atoms with E-state index in [2.05, 4.69) is 13.0 Å². The molecule has 3 nitrogen and oxygen atoms in total. The number of amides is 1. The van der Waals surface area contributed by atoms with Crippen molar-refractivity contribution in [3.05, 3.63) is 71.3 Å². The molecule has 1 amide bonds. The van der Waals surface area contributed by atoms with Gasteiger partial charge in [0.1, 0.15) is 5.75 Å². The van der Waals surface area contributed by atoms with Crippen LogP contribution in [0.3, 0.4) is 0 Å². The van der Waals surface area contributed by atoms with Crippen LogP contribution in [-0.2, 0) is 11.3 Å². The summed E-state index contributed by atoms with van der Waals surface area (Å²) >= 11 is 0. The van der Waals surface area contributed by atoms with E-state index in [4.69, 9.17) is 4.74 Å². The normalized spacial score (nSPS) is 13.9. The minimum atomic E-state index is 0.0802. The monoisotopic (exact) mass is 321 g/mol. The fourth-order valence-corrected chi connectivity index (χ4v) is 2.73. The summed E-state index contributed by atoms with van der Waals surface area (Å²) in [7, 11) is 1.66. The summed E-state index contributed by atoms with van der Waals surface area (Å²) in [5.74, 6) is 0.916. The highest BCUT2D eigenvalue weighted by Crippen LogP contribution is 2.29. The van der Waals surface area contributed by atoms with Gasteiger partial charge in [0, 0.05) is 18.7 Å². The maximum Gasteiger partial charge on any atom is 0.247 e. The van der Waals surface area contributed by atoms with Crippen LogP contribution in [0.15, 0.2) is 54.6 Å². The van der Waals surface area contributed by atoms with Crippen molar-refractivity contribution in [2.24, 2.45) is 0 Å². The minimum Gasteiger partial charge on any atom is -0.497 e. The van der Waals surface area contributed by atoms with E-state index >= 15 is 0 Å². The Labute approximate surface area is 143 Å². The van der Waals surface area contributed by atoms with Crippen LogP contribution in [0.2, 0.25) is 0 Å². The standard InChI is InChI=1S/C21H23NO2/c1-16-5-3-4-6-18(16)9-14-21(23)22(19-10-11-19)15-17-7-12-20(24-2)13-8-17/h3-9,12-14,19H,10-11,15H2,1-2H3/b14-9+. The summed E-state index contributed by atoms with van der Waals surface area (Å²) in [5.41, 5.74) is 3.39. The largest absolute Gasteiger partial charge is 0.497 e. The summed E-state index contributed by atoms with van der Waals surface area (Å²) in [4.78, 5) is 14.6. The van der Waals surface area contributed by atoms with Crippen molar-refractivity contribution in [1.29, 1.82) is 0 Å². The van der Waals surface area contributed by atoms with Gasteiger partial charge in [-0.15, -0.1) is 0 Å². The van der Waals surface area contributed by atoms with E-state index in [-0.39, 0.29) is 5.91 Å². The molecule has 1 fully saturated rings. The Hall–Kier alpha value is -2.55. The molecule has 0 heterocycles. The lowest BCUT2D eigenvalue weighted by Gasteiger charge is -2.21. The molecule has 1 aliphatic carbocycles. The molecule has 0 atom stereocenters. The highest BCUT2D eigenvalue weighted by Gasteiger charge is 2.31. The molecule has 0 aliphatic heterocycles. The van der Waals surface area contributed by atoms with Crippen LogP contribution < -0.4 is 4.74 Å². The SMILES string of the molecule is COc1ccc(CN(C(=O)/C=C/c2ccccc2C)C2CC2)cc1. The summed E-state index contributed by atoms with van der Waals surface area (Å²) in [5, 5.41) is 0. The zero-order chi connectivity index (χ0) is 16.9. The quantitative estimate of drug-likeness (QED) is 0.746. The molecule has 0 saturated heterocycles. The topological polar surface area (TPSA) is 29.5 Å². The van der Waals surface area contributed by atoms with Crippen LogP contribution in [-0.4, -0.2) is 24.0 Å². The van der Waals surface area contributed by atoms with Gasteiger partial charge in [-0.05, 0) is 54.7 Å². The molecule has 0 bridgehead atoms. The molecule has 24 heavy (non-hydrogen) atoms. The smallest absolute Gasteiger partial charge is 0.247 e. The van der Waals surface area contributed by atoms with Gasteiger partial charge < -0.3 is 9.64 Å². The Morgan fingerprint density at radius 3 is 2.50 bits per heavy atom. The van der Waals surface area contributed by atoms with E-state index in [1.807, 2.05) is 53.4 Å². The lowest BCUT2D eigenvalue weighted by Crippen LogP contribution is -2.31. The Balaban J connectivity index is 1.70. The lowest BCUT2D eigenvalue weighted by molar-refractivity contribution is -0.127. The molecule has 2 aromatic carbocycles. The molecule has 0 radical (unpaired) electrons. The van der Waals surface area contributed by atoms with Gasteiger partial charge in [-0.25, -0.2) is 0 Å². The number of nitrogens with zero attached hydrogens (tertiary/aromatic N) is 1. The third kappa shape index (κ3) is 4.05. The number of rotatable bonds is 6. The molecule has 124 valence electrons. The van der Waals surface area contributed by atoms with E-state index in [0.29, 0.717) is 12.6 Å². The van der Waals surface area contributed by atoms with Gasteiger partial charge in [0.15, 0.2) is 0 Å². The van der Waals surface area contributed by atoms with Crippen LogP contribution in [0, 0.1) is 6.92 Å². The van der Waals surface area contributed by atoms with Crippen LogP contribution in [0.4, 0.5) is 0 Å². The Bertz CT molecular complexity index is 730. The molecule has 0 N–H and O–H groups in total. The third-order valence-electron chi connectivity index (χ3n) is 4.38. The van der Waals surface area contributed by atoms with Gasteiger partial charge in [-0.1, -0.05) is 36.4 Å². The Kier molecular flexibility index (Phi) is 4.99. The summed E-state index contributed by atoms with van der Waals surface area (Å²) in [6.45, 7) is 2.70. The number of methoxy groups -OCH3 is 1. The van der Waals surface area contributed by atoms with Gasteiger partial charge in [-0.2, -0.15) is 0 Å². The molecule has 3 rings (SSSR count). The van der Waals surface area contributed by atoms with E-state index < -0.39 is 0 Å². The second kappa shape index (κ2) is 7.35.